The lowest BCUT2D eigenvalue weighted by Crippen LogP contribution is -2.52. The van der Waals surface area contributed by atoms with E-state index in [1.54, 1.807) is 91.1 Å². The van der Waals surface area contributed by atoms with Crippen molar-refractivity contribution >= 4 is 39.7 Å². The third-order valence-corrected chi connectivity index (χ3v) is 23.5. The molecule has 8 aliphatic carbocycles. The molecule has 0 atom stereocenters. The Morgan fingerprint density at radius 3 is 1.38 bits per heavy atom. The number of benzene rings is 3. The van der Waals surface area contributed by atoms with Gasteiger partial charge in [0.15, 0.2) is 0 Å². The second kappa shape index (κ2) is 12.7. The van der Waals surface area contributed by atoms with Gasteiger partial charge in [-0.1, -0.05) is 99.5 Å². The molecular formula is C45H60P2Si. The summed E-state index contributed by atoms with van der Waals surface area (Å²) in [4.78, 5) is 0. The van der Waals surface area contributed by atoms with E-state index in [2.05, 4.69) is 100 Å². The lowest BCUT2D eigenvalue weighted by Gasteiger charge is -2.62. The molecule has 0 radical (unpaired) electrons. The van der Waals surface area contributed by atoms with Gasteiger partial charge in [-0.25, -0.2) is 0 Å². The third-order valence-electron chi connectivity index (χ3n) is 14.7. The molecule has 0 N–H and O–H groups in total. The van der Waals surface area contributed by atoms with Crippen LogP contribution >= 0.6 is 15.8 Å². The second-order valence-corrected chi connectivity index (χ2v) is 28.7. The van der Waals surface area contributed by atoms with Crippen molar-refractivity contribution in [3.8, 4) is 0 Å². The quantitative estimate of drug-likeness (QED) is 0.155. The summed E-state index contributed by atoms with van der Waals surface area (Å²) in [6, 6.07) is 26.8. The highest BCUT2D eigenvalue weighted by Gasteiger charge is 2.56. The SMILES string of the molecule is Cc1ccccc1P(Cc1cc([Si](C)(C)C)ccc1CP(C1C2CC3CC(C2)CC1C3)C1C2CC3CC(C2)CC1C3)c1ccccc1C. The molecule has 0 nitrogen and oxygen atoms in total. The van der Waals surface area contributed by atoms with Crippen LogP contribution in [-0.4, -0.2) is 19.4 Å². The van der Waals surface area contributed by atoms with Crippen molar-refractivity contribution in [3.63, 3.8) is 0 Å². The lowest BCUT2D eigenvalue weighted by molar-refractivity contribution is 0.0129. The molecule has 0 saturated heterocycles. The second-order valence-electron chi connectivity index (χ2n) is 18.9. The van der Waals surface area contributed by atoms with Gasteiger partial charge in [-0.15, -0.1) is 0 Å². The monoisotopic (exact) mass is 690 g/mol. The third kappa shape index (κ3) is 5.97. The van der Waals surface area contributed by atoms with Crippen LogP contribution in [0, 0.1) is 61.2 Å². The maximum Gasteiger partial charge on any atom is 0.0776 e. The van der Waals surface area contributed by atoms with Gasteiger partial charge in [0.1, 0.15) is 0 Å². The van der Waals surface area contributed by atoms with Crippen molar-refractivity contribution in [2.75, 3.05) is 0 Å². The first-order valence-electron chi connectivity index (χ1n) is 19.9. The number of hydrogen-bond donors (Lipinski definition) is 0. The van der Waals surface area contributed by atoms with Gasteiger partial charge in [-0.3, -0.25) is 0 Å². The molecule has 0 heterocycles. The van der Waals surface area contributed by atoms with E-state index >= 15 is 0 Å². The molecule has 8 aliphatic rings. The predicted molar refractivity (Wildman–Crippen MR) is 214 cm³/mol. The van der Waals surface area contributed by atoms with Crippen LogP contribution in [0.5, 0.6) is 0 Å². The van der Waals surface area contributed by atoms with E-state index in [0.29, 0.717) is 0 Å². The summed E-state index contributed by atoms with van der Waals surface area (Å²) < 4.78 is 0. The molecule has 3 aromatic rings. The first-order chi connectivity index (χ1) is 23.2. The molecule has 0 amide bonds. The Hall–Kier alpha value is -1.26. The molecule has 0 spiro atoms. The van der Waals surface area contributed by atoms with Crippen LogP contribution in [0.3, 0.4) is 0 Å². The lowest BCUT2D eigenvalue weighted by atomic mass is 9.55. The van der Waals surface area contributed by atoms with E-state index in [4.69, 9.17) is 0 Å². The molecule has 0 unspecified atom stereocenters. The van der Waals surface area contributed by atoms with Crippen LogP contribution in [-0.2, 0) is 12.3 Å². The van der Waals surface area contributed by atoms with E-state index < -0.39 is 16.0 Å². The molecule has 48 heavy (non-hydrogen) atoms. The standard InChI is InChI=1S/C45H60P2Si/c1-29-10-6-8-12-42(29)46(43-13-9-7-11-30(43)2)28-40-26-41(48(3,4)5)15-14-35(40)27-47(44-36-18-31-16-32(20-36)21-37(44)19-31)45-38-22-33-17-34(24-38)25-39(45)23-33/h6-15,26,31-34,36-39,44-45H,16-25,27-28H2,1-5H3. The fourth-order valence-corrected chi connectivity index (χ4v) is 21.7. The van der Waals surface area contributed by atoms with E-state index in [1.807, 2.05) is 0 Å². The normalized spacial score (nSPS) is 35.5. The van der Waals surface area contributed by atoms with Crippen molar-refractivity contribution in [3.05, 3.63) is 89.0 Å². The van der Waals surface area contributed by atoms with Crippen molar-refractivity contribution in [1.82, 2.24) is 0 Å². The Morgan fingerprint density at radius 2 is 0.958 bits per heavy atom. The predicted octanol–water partition coefficient (Wildman–Crippen LogP) is 11.1. The minimum atomic E-state index is -1.45. The molecule has 8 bridgehead atoms. The molecular weight excluding hydrogens is 631 g/mol. The minimum Gasteiger partial charge on any atom is -0.0947 e. The van der Waals surface area contributed by atoms with Crippen LogP contribution < -0.4 is 15.8 Å². The minimum absolute atomic E-state index is 0.0181. The van der Waals surface area contributed by atoms with Crippen molar-refractivity contribution < 1.29 is 0 Å². The van der Waals surface area contributed by atoms with E-state index in [1.165, 1.54) is 23.5 Å². The van der Waals surface area contributed by atoms with Crippen molar-refractivity contribution in [2.24, 2.45) is 47.3 Å². The van der Waals surface area contributed by atoms with Crippen molar-refractivity contribution in [2.45, 2.75) is 121 Å². The molecule has 3 heteroatoms. The van der Waals surface area contributed by atoms with Crippen molar-refractivity contribution in [1.29, 1.82) is 0 Å². The number of rotatable bonds is 9. The zero-order valence-electron chi connectivity index (χ0n) is 30.5. The van der Waals surface area contributed by atoms with Gasteiger partial charge in [0.2, 0.25) is 0 Å². The van der Waals surface area contributed by atoms with Crippen LogP contribution in [0.2, 0.25) is 19.6 Å². The van der Waals surface area contributed by atoms with Gasteiger partial charge < -0.3 is 0 Å². The number of aryl methyl sites for hydroxylation is 2. The molecule has 0 aliphatic heterocycles. The first kappa shape index (κ1) is 32.6. The fourth-order valence-electron chi connectivity index (χ4n) is 13.1. The summed E-state index contributed by atoms with van der Waals surface area (Å²) in [6.45, 7) is 12.4. The Morgan fingerprint density at radius 1 is 0.521 bits per heavy atom. The van der Waals surface area contributed by atoms with E-state index in [9.17, 15) is 0 Å². The summed E-state index contributed by atoms with van der Waals surface area (Å²) in [5.74, 6) is 8.57. The highest BCUT2D eigenvalue weighted by Crippen LogP contribution is 2.72. The van der Waals surface area contributed by atoms with Crippen LogP contribution in [0.4, 0.5) is 0 Å². The molecule has 254 valence electrons. The van der Waals surface area contributed by atoms with Gasteiger partial charge in [0.05, 0.1) is 8.07 Å². The highest BCUT2D eigenvalue weighted by atomic mass is 31.1. The Balaban J connectivity index is 1.14. The van der Waals surface area contributed by atoms with E-state index in [0.717, 1.165) is 58.7 Å². The highest BCUT2D eigenvalue weighted by molar-refractivity contribution is 7.72. The average Bonchev–Trinajstić information content (AvgIpc) is 3.03. The van der Waals surface area contributed by atoms with Crippen LogP contribution in [0.25, 0.3) is 0 Å². The smallest absolute Gasteiger partial charge is 0.0776 e. The van der Waals surface area contributed by atoms with Gasteiger partial charge >= 0.3 is 0 Å². The summed E-state index contributed by atoms with van der Waals surface area (Å²) >= 11 is 0. The van der Waals surface area contributed by atoms with Gasteiger partial charge in [0.25, 0.3) is 0 Å². The zero-order chi connectivity index (χ0) is 32.7. The number of hydrogen-bond acceptors (Lipinski definition) is 0. The Labute approximate surface area is 296 Å². The summed E-state index contributed by atoms with van der Waals surface area (Å²) in [6.07, 6.45) is 18.6. The van der Waals surface area contributed by atoms with Crippen LogP contribution in [0.15, 0.2) is 66.7 Å². The Bertz CT molecular complexity index is 1510. The largest absolute Gasteiger partial charge is 0.0947 e. The molecule has 11 rings (SSSR count). The summed E-state index contributed by atoms with van der Waals surface area (Å²) in [5.41, 5.74) is 8.58. The molecule has 0 aromatic heterocycles. The zero-order valence-corrected chi connectivity index (χ0v) is 33.3. The molecule has 8 saturated carbocycles. The maximum absolute atomic E-state index is 2.77. The molecule has 3 aromatic carbocycles. The molecule has 8 fully saturated rings. The summed E-state index contributed by atoms with van der Waals surface area (Å²) in [7, 11) is -1.96. The first-order valence-corrected chi connectivity index (χ1v) is 26.6. The van der Waals surface area contributed by atoms with Gasteiger partial charge in [0, 0.05) is 6.16 Å². The van der Waals surface area contributed by atoms with Gasteiger partial charge in [-0.05, 0) is 184 Å². The average molecular weight is 691 g/mol. The fraction of sp³-hybridized carbons (Fsp3) is 0.600. The van der Waals surface area contributed by atoms with Crippen LogP contribution in [0.1, 0.15) is 86.5 Å². The topological polar surface area (TPSA) is 0 Å². The summed E-state index contributed by atoms with van der Waals surface area (Å²) in [5, 5.41) is 4.85. The maximum atomic E-state index is 2.77. The van der Waals surface area contributed by atoms with E-state index in [-0.39, 0.29) is 7.92 Å². The van der Waals surface area contributed by atoms with Gasteiger partial charge in [-0.2, -0.15) is 0 Å². The Kier molecular flexibility index (Phi) is 8.67.